The molecular weight excluding hydrogens is 220 g/mol. The highest BCUT2D eigenvalue weighted by atomic mass is 16.5. The summed E-state index contributed by atoms with van der Waals surface area (Å²) in [6.45, 7) is 5.32. The number of esters is 1. The fourth-order valence-corrected chi connectivity index (χ4v) is 1.23. The van der Waals surface area contributed by atoms with E-state index in [1.807, 2.05) is 0 Å². The molecule has 0 aromatic heterocycles. The van der Waals surface area contributed by atoms with Crippen LogP contribution in [0.15, 0.2) is 36.4 Å². The van der Waals surface area contributed by atoms with Crippen molar-refractivity contribution in [3.63, 3.8) is 0 Å². The van der Waals surface area contributed by atoms with Crippen LogP contribution in [-0.4, -0.2) is 25.5 Å². The highest BCUT2D eigenvalue weighted by molar-refractivity contribution is 6.23. The summed E-state index contributed by atoms with van der Waals surface area (Å²) < 4.78 is 9.68. The first-order valence-electron chi connectivity index (χ1n) is 5.15. The van der Waals surface area contributed by atoms with Crippen LogP contribution in [0.5, 0.6) is 5.75 Å². The first-order valence-corrected chi connectivity index (χ1v) is 5.15. The average molecular weight is 234 g/mol. The third kappa shape index (κ3) is 3.17. The zero-order valence-electron chi connectivity index (χ0n) is 9.86. The first-order chi connectivity index (χ1) is 8.10. The van der Waals surface area contributed by atoms with Crippen molar-refractivity contribution in [2.24, 2.45) is 0 Å². The lowest BCUT2D eigenvalue weighted by Crippen LogP contribution is -2.15. The van der Waals surface area contributed by atoms with Gasteiger partial charge in [0.05, 0.1) is 13.7 Å². The van der Waals surface area contributed by atoms with E-state index in [1.54, 1.807) is 31.2 Å². The molecule has 0 heterocycles. The van der Waals surface area contributed by atoms with Gasteiger partial charge >= 0.3 is 5.97 Å². The lowest BCUT2D eigenvalue weighted by atomic mass is 10.0. The number of Topliss-reactive ketones (excluding diaryl/α,β-unsaturated/α-hetero) is 1. The molecule has 0 saturated carbocycles. The average Bonchev–Trinajstić information content (AvgIpc) is 2.37. The number of ether oxygens (including phenoxy) is 2. The summed E-state index contributed by atoms with van der Waals surface area (Å²) in [5, 5.41) is 0. The van der Waals surface area contributed by atoms with Crippen molar-refractivity contribution in [1.29, 1.82) is 0 Å². The van der Waals surface area contributed by atoms with Crippen LogP contribution in [-0.2, 0) is 9.53 Å². The van der Waals surface area contributed by atoms with Crippen molar-refractivity contribution in [3.05, 3.63) is 42.0 Å². The second kappa shape index (κ2) is 5.84. The van der Waals surface area contributed by atoms with Crippen molar-refractivity contribution < 1.29 is 19.1 Å². The van der Waals surface area contributed by atoms with E-state index in [2.05, 4.69) is 6.58 Å². The summed E-state index contributed by atoms with van der Waals surface area (Å²) in [7, 11) is 1.54. The molecule has 0 fully saturated rings. The molecule has 0 aliphatic rings. The maximum Gasteiger partial charge on any atom is 0.341 e. The summed E-state index contributed by atoms with van der Waals surface area (Å²) in [6, 6.07) is 6.44. The van der Waals surface area contributed by atoms with E-state index in [4.69, 9.17) is 9.47 Å². The summed E-state index contributed by atoms with van der Waals surface area (Å²) in [5.74, 6) is -0.484. The number of hydrogen-bond donors (Lipinski definition) is 0. The lowest BCUT2D eigenvalue weighted by molar-refractivity contribution is -0.138. The minimum Gasteiger partial charge on any atom is -0.497 e. The Morgan fingerprint density at radius 1 is 1.24 bits per heavy atom. The number of carbonyl (C=O) groups excluding carboxylic acids is 2. The van der Waals surface area contributed by atoms with Gasteiger partial charge in [0.15, 0.2) is 5.78 Å². The minimum atomic E-state index is -0.687. The van der Waals surface area contributed by atoms with Gasteiger partial charge in [-0.1, -0.05) is 6.58 Å². The SMILES string of the molecule is C=C(C(=O)OCC)C(=O)c1ccc(OC)cc1. The van der Waals surface area contributed by atoms with E-state index in [9.17, 15) is 9.59 Å². The van der Waals surface area contributed by atoms with Gasteiger partial charge in [0.25, 0.3) is 0 Å². The third-order valence-corrected chi connectivity index (χ3v) is 2.15. The second-order valence-electron chi connectivity index (χ2n) is 3.26. The van der Waals surface area contributed by atoms with Gasteiger partial charge in [-0.15, -0.1) is 0 Å². The fourth-order valence-electron chi connectivity index (χ4n) is 1.23. The standard InChI is InChI=1S/C13H14O4/c1-4-17-13(15)9(2)12(14)10-5-7-11(16-3)8-6-10/h5-8H,2,4H2,1,3H3. The predicted molar refractivity (Wildman–Crippen MR) is 63.1 cm³/mol. The predicted octanol–water partition coefficient (Wildman–Crippen LogP) is 2.00. The molecule has 0 atom stereocenters. The lowest BCUT2D eigenvalue weighted by Gasteiger charge is -2.05. The Kier molecular flexibility index (Phi) is 4.46. The molecule has 0 radical (unpaired) electrons. The molecular formula is C13H14O4. The summed E-state index contributed by atoms with van der Waals surface area (Å²) in [6.07, 6.45) is 0. The van der Waals surface area contributed by atoms with Crippen molar-refractivity contribution in [2.45, 2.75) is 6.92 Å². The van der Waals surface area contributed by atoms with Crippen LogP contribution in [0.25, 0.3) is 0 Å². The van der Waals surface area contributed by atoms with Gasteiger partial charge in [-0.05, 0) is 31.2 Å². The largest absolute Gasteiger partial charge is 0.497 e. The number of rotatable bonds is 5. The molecule has 0 unspecified atom stereocenters. The Balaban J connectivity index is 2.81. The monoisotopic (exact) mass is 234 g/mol. The van der Waals surface area contributed by atoms with E-state index in [-0.39, 0.29) is 12.2 Å². The van der Waals surface area contributed by atoms with Gasteiger partial charge in [0.2, 0.25) is 0 Å². The molecule has 1 aromatic rings. The molecule has 4 nitrogen and oxygen atoms in total. The van der Waals surface area contributed by atoms with Gasteiger partial charge in [0, 0.05) is 5.56 Å². The Morgan fingerprint density at radius 2 is 1.82 bits per heavy atom. The normalized spacial score (nSPS) is 9.53. The van der Waals surface area contributed by atoms with Crippen LogP contribution >= 0.6 is 0 Å². The summed E-state index contributed by atoms with van der Waals surface area (Å²) in [5.41, 5.74) is 0.209. The van der Waals surface area contributed by atoms with Crippen molar-refractivity contribution in [2.75, 3.05) is 13.7 Å². The number of methoxy groups -OCH3 is 1. The van der Waals surface area contributed by atoms with Crippen molar-refractivity contribution >= 4 is 11.8 Å². The maximum atomic E-state index is 11.8. The molecule has 0 N–H and O–H groups in total. The summed E-state index contributed by atoms with van der Waals surface area (Å²) >= 11 is 0. The smallest absolute Gasteiger partial charge is 0.341 e. The van der Waals surface area contributed by atoms with Crippen LogP contribution in [0, 0.1) is 0 Å². The molecule has 4 heteroatoms. The molecule has 17 heavy (non-hydrogen) atoms. The molecule has 0 spiro atoms. The molecule has 0 aliphatic carbocycles. The summed E-state index contributed by atoms with van der Waals surface area (Å²) in [4.78, 5) is 23.1. The Labute approximate surface area is 99.8 Å². The molecule has 1 rings (SSSR count). The number of ketones is 1. The van der Waals surface area contributed by atoms with Crippen LogP contribution in [0.2, 0.25) is 0 Å². The van der Waals surface area contributed by atoms with Gasteiger partial charge in [-0.3, -0.25) is 4.79 Å². The molecule has 0 amide bonds. The van der Waals surface area contributed by atoms with E-state index < -0.39 is 11.8 Å². The van der Waals surface area contributed by atoms with Gasteiger partial charge in [-0.2, -0.15) is 0 Å². The zero-order valence-corrected chi connectivity index (χ0v) is 9.86. The van der Waals surface area contributed by atoms with Gasteiger partial charge in [0.1, 0.15) is 11.3 Å². The van der Waals surface area contributed by atoms with E-state index in [0.29, 0.717) is 11.3 Å². The van der Waals surface area contributed by atoms with Crippen molar-refractivity contribution in [3.8, 4) is 5.75 Å². The van der Waals surface area contributed by atoms with E-state index in [0.717, 1.165) is 0 Å². The van der Waals surface area contributed by atoms with Crippen LogP contribution in [0.1, 0.15) is 17.3 Å². The number of hydrogen-bond acceptors (Lipinski definition) is 4. The quantitative estimate of drug-likeness (QED) is 0.257. The van der Waals surface area contributed by atoms with Gasteiger partial charge in [-0.25, -0.2) is 4.79 Å². The van der Waals surface area contributed by atoms with Crippen LogP contribution in [0.4, 0.5) is 0 Å². The van der Waals surface area contributed by atoms with Crippen LogP contribution < -0.4 is 4.74 Å². The molecule has 0 aliphatic heterocycles. The van der Waals surface area contributed by atoms with Crippen molar-refractivity contribution in [1.82, 2.24) is 0 Å². The first kappa shape index (κ1) is 13.0. The molecule has 0 saturated heterocycles. The second-order valence-corrected chi connectivity index (χ2v) is 3.26. The molecule has 90 valence electrons. The molecule has 0 bridgehead atoms. The number of carbonyl (C=O) groups is 2. The van der Waals surface area contributed by atoms with Gasteiger partial charge < -0.3 is 9.47 Å². The maximum absolute atomic E-state index is 11.8. The number of benzene rings is 1. The fraction of sp³-hybridized carbons (Fsp3) is 0.231. The van der Waals surface area contributed by atoms with E-state index >= 15 is 0 Å². The topological polar surface area (TPSA) is 52.6 Å². The molecule has 1 aromatic carbocycles. The minimum absolute atomic E-state index is 0.169. The van der Waals surface area contributed by atoms with E-state index in [1.165, 1.54) is 7.11 Å². The highest BCUT2D eigenvalue weighted by Crippen LogP contribution is 2.14. The van der Waals surface area contributed by atoms with Crippen LogP contribution in [0.3, 0.4) is 0 Å². The zero-order chi connectivity index (χ0) is 12.8. The Morgan fingerprint density at radius 3 is 2.29 bits per heavy atom. The highest BCUT2D eigenvalue weighted by Gasteiger charge is 2.18. The Bertz CT molecular complexity index is 431. The Hall–Kier alpha value is -2.10. The third-order valence-electron chi connectivity index (χ3n) is 2.15.